The van der Waals surface area contributed by atoms with E-state index in [1.54, 1.807) is 25.1 Å². The molecule has 0 aliphatic heterocycles. The summed E-state index contributed by atoms with van der Waals surface area (Å²) >= 11 is 0. The van der Waals surface area contributed by atoms with Crippen LogP contribution in [-0.4, -0.2) is 48.0 Å². The van der Waals surface area contributed by atoms with E-state index in [2.05, 4.69) is 20.3 Å². The van der Waals surface area contributed by atoms with Gasteiger partial charge >= 0.3 is 0 Å². The standard InChI is InChI=1S/C32H29F4N5O3/c1-17-11-20-12-19(13-24(44-4)27(20)38-29(17)35)23-15-41(40-39-23)16-32(43,31(36)9-10-31)25-14-22(30(2,3)42)26(34)28(37-25)18-5-7-21(33)8-6-18/h5-8,11-15,42-43H,9-10,16H2,1-4H3/t32-/m1/s1. The van der Waals surface area contributed by atoms with Crippen LogP contribution in [0.4, 0.5) is 17.6 Å². The summed E-state index contributed by atoms with van der Waals surface area (Å²) in [6.07, 6.45) is 1.53. The van der Waals surface area contributed by atoms with Gasteiger partial charge in [0, 0.05) is 27.6 Å². The lowest BCUT2D eigenvalue weighted by molar-refractivity contribution is -0.0757. The van der Waals surface area contributed by atoms with E-state index >= 15 is 8.78 Å². The molecule has 0 bridgehead atoms. The molecule has 5 aromatic rings. The van der Waals surface area contributed by atoms with Crippen LogP contribution in [0.1, 0.15) is 43.5 Å². The van der Waals surface area contributed by atoms with Crippen LogP contribution in [-0.2, 0) is 17.7 Å². The summed E-state index contributed by atoms with van der Waals surface area (Å²) in [6.45, 7) is 3.87. The van der Waals surface area contributed by atoms with Crippen LogP contribution in [0.2, 0.25) is 0 Å². The molecule has 3 aromatic heterocycles. The Balaban J connectivity index is 1.44. The number of halogens is 4. The monoisotopic (exact) mass is 607 g/mol. The number of aryl methyl sites for hydroxylation is 1. The molecule has 1 saturated carbocycles. The predicted molar refractivity (Wildman–Crippen MR) is 154 cm³/mol. The van der Waals surface area contributed by atoms with Gasteiger partial charge in [-0.2, -0.15) is 4.39 Å². The molecule has 0 spiro atoms. The molecule has 1 aliphatic rings. The van der Waals surface area contributed by atoms with Gasteiger partial charge in [0.2, 0.25) is 5.95 Å². The Kier molecular flexibility index (Phi) is 6.97. The quantitative estimate of drug-likeness (QED) is 0.167. The number of pyridine rings is 2. The minimum absolute atomic E-state index is 0.0125. The van der Waals surface area contributed by atoms with E-state index in [0.29, 0.717) is 33.5 Å². The number of rotatable bonds is 8. The molecule has 1 aliphatic carbocycles. The first kappa shape index (κ1) is 29.6. The molecular weight excluding hydrogens is 578 g/mol. The van der Waals surface area contributed by atoms with Gasteiger partial charge in [0.05, 0.1) is 31.1 Å². The summed E-state index contributed by atoms with van der Waals surface area (Å²) in [6, 6.07) is 11.0. The number of hydrogen-bond acceptors (Lipinski definition) is 7. The maximum Gasteiger partial charge on any atom is 0.216 e. The van der Waals surface area contributed by atoms with Crippen molar-refractivity contribution >= 4 is 10.9 Å². The Morgan fingerprint density at radius 3 is 2.32 bits per heavy atom. The zero-order chi connectivity index (χ0) is 31.6. The lowest BCUT2D eigenvalue weighted by Crippen LogP contribution is -2.44. The molecular formula is C32H29F4N5O3. The number of nitrogens with zero attached hydrogens (tertiary/aromatic N) is 5. The minimum Gasteiger partial charge on any atom is -0.494 e. The molecule has 3 heterocycles. The maximum atomic E-state index is 16.1. The average Bonchev–Trinajstić information content (AvgIpc) is 3.57. The Hall–Kier alpha value is -4.42. The first-order valence-electron chi connectivity index (χ1n) is 13.9. The highest BCUT2D eigenvalue weighted by molar-refractivity contribution is 5.89. The van der Waals surface area contributed by atoms with Crippen molar-refractivity contribution in [2.45, 2.75) is 57.0 Å². The van der Waals surface area contributed by atoms with Crippen LogP contribution in [0, 0.1) is 24.5 Å². The van der Waals surface area contributed by atoms with Gasteiger partial charge in [-0.15, -0.1) is 5.10 Å². The summed E-state index contributed by atoms with van der Waals surface area (Å²) in [7, 11) is 1.43. The van der Waals surface area contributed by atoms with Gasteiger partial charge in [0.15, 0.2) is 11.4 Å². The number of aromatic nitrogens is 5. The molecule has 12 heteroatoms. The molecule has 1 fully saturated rings. The average molecular weight is 608 g/mol. The van der Waals surface area contributed by atoms with Gasteiger partial charge in [0.25, 0.3) is 0 Å². The Labute approximate surface area is 250 Å². The number of methoxy groups -OCH3 is 1. The molecule has 44 heavy (non-hydrogen) atoms. The number of aliphatic hydroxyl groups is 2. The van der Waals surface area contributed by atoms with Crippen LogP contribution in [0.3, 0.4) is 0 Å². The number of alkyl halides is 1. The fourth-order valence-corrected chi connectivity index (χ4v) is 5.35. The maximum absolute atomic E-state index is 16.1. The van der Waals surface area contributed by atoms with E-state index in [9.17, 15) is 19.0 Å². The highest BCUT2D eigenvalue weighted by atomic mass is 19.1. The van der Waals surface area contributed by atoms with Crippen molar-refractivity contribution in [3.63, 3.8) is 0 Å². The SMILES string of the molecule is COc1cc(-c2cn(C[C@@](O)(c3cc(C(C)(C)O)c(F)c(-c4ccc(F)cc4)n3)C3(F)CC3)nn2)cc2cc(C)c(F)nc12. The Bertz CT molecular complexity index is 1900. The third kappa shape index (κ3) is 5.07. The van der Waals surface area contributed by atoms with Crippen LogP contribution < -0.4 is 4.74 Å². The second kappa shape index (κ2) is 10.3. The lowest BCUT2D eigenvalue weighted by Gasteiger charge is -2.33. The van der Waals surface area contributed by atoms with E-state index in [0.717, 1.165) is 18.2 Å². The molecule has 2 aromatic carbocycles. The number of ether oxygens (including phenoxy) is 1. The number of hydrogen-bond donors (Lipinski definition) is 2. The summed E-state index contributed by atoms with van der Waals surface area (Å²) in [5.41, 5.74) is -5.09. The highest BCUT2D eigenvalue weighted by Crippen LogP contribution is 2.54. The van der Waals surface area contributed by atoms with Crippen molar-refractivity contribution in [2.24, 2.45) is 0 Å². The summed E-state index contributed by atoms with van der Waals surface area (Å²) in [5.74, 6) is -1.73. The molecule has 6 rings (SSSR count). The van der Waals surface area contributed by atoms with Crippen LogP contribution >= 0.6 is 0 Å². The molecule has 2 N–H and O–H groups in total. The van der Waals surface area contributed by atoms with Crippen molar-refractivity contribution in [2.75, 3.05) is 7.11 Å². The van der Waals surface area contributed by atoms with Gasteiger partial charge in [-0.3, -0.25) is 0 Å². The topological polar surface area (TPSA) is 106 Å². The number of fused-ring (bicyclic) bond motifs is 1. The van der Waals surface area contributed by atoms with E-state index in [-0.39, 0.29) is 35.4 Å². The summed E-state index contributed by atoms with van der Waals surface area (Å²) in [5, 5.41) is 31.8. The van der Waals surface area contributed by atoms with Crippen LogP contribution in [0.5, 0.6) is 5.75 Å². The molecule has 0 unspecified atom stereocenters. The molecule has 1 atom stereocenters. The predicted octanol–water partition coefficient (Wildman–Crippen LogP) is 5.91. The first-order valence-corrected chi connectivity index (χ1v) is 13.9. The van der Waals surface area contributed by atoms with Crippen molar-refractivity contribution in [1.82, 2.24) is 25.0 Å². The smallest absolute Gasteiger partial charge is 0.216 e. The molecule has 0 saturated heterocycles. The molecule has 8 nitrogen and oxygen atoms in total. The fraction of sp³-hybridized carbons (Fsp3) is 0.312. The third-order valence-corrected chi connectivity index (χ3v) is 8.05. The minimum atomic E-state index is -2.31. The van der Waals surface area contributed by atoms with E-state index in [1.807, 2.05) is 0 Å². The van der Waals surface area contributed by atoms with Gasteiger partial charge < -0.3 is 14.9 Å². The summed E-state index contributed by atoms with van der Waals surface area (Å²) < 4.78 is 66.3. The fourth-order valence-electron chi connectivity index (χ4n) is 5.35. The third-order valence-electron chi connectivity index (χ3n) is 8.05. The molecule has 0 radical (unpaired) electrons. The van der Waals surface area contributed by atoms with Crippen LogP contribution in [0.15, 0.2) is 54.7 Å². The largest absolute Gasteiger partial charge is 0.494 e. The van der Waals surface area contributed by atoms with Crippen molar-refractivity contribution in [3.8, 4) is 28.3 Å². The van der Waals surface area contributed by atoms with E-state index < -0.39 is 41.0 Å². The second-order valence-corrected chi connectivity index (χ2v) is 11.8. The molecule has 228 valence electrons. The normalized spacial score (nSPS) is 15.8. The second-order valence-electron chi connectivity index (χ2n) is 11.8. The molecule has 0 amide bonds. The van der Waals surface area contributed by atoms with Gasteiger partial charge in [-0.05, 0) is 82.1 Å². The Morgan fingerprint density at radius 1 is 0.977 bits per heavy atom. The van der Waals surface area contributed by atoms with Gasteiger partial charge in [-0.25, -0.2) is 27.8 Å². The number of benzene rings is 2. The summed E-state index contributed by atoms with van der Waals surface area (Å²) in [4.78, 5) is 8.33. The Morgan fingerprint density at radius 2 is 1.68 bits per heavy atom. The lowest BCUT2D eigenvalue weighted by atomic mass is 9.86. The van der Waals surface area contributed by atoms with E-state index in [4.69, 9.17) is 4.74 Å². The van der Waals surface area contributed by atoms with Crippen molar-refractivity contribution < 1.29 is 32.5 Å². The zero-order valence-electron chi connectivity index (χ0n) is 24.4. The first-order chi connectivity index (χ1) is 20.7. The van der Waals surface area contributed by atoms with Crippen molar-refractivity contribution in [1.29, 1.82) is 0 Å². The van der Waals surface area contributed by atoms with Crippen molar-refractivity contribution in [3.05, 3.63) is 89.1 Å². The van der Waals surface area contributed by atoms with E-state index in [1.165, 1.54) is 44.0 Å². The van der Waals surface area contributed by atoms with Crippen LogP contribution in [0.25, 0.3) is 33.4 Å². The van der Waals surface area contributed by atoms with Gasteiger partial charge in [0.1, 0.15) is 34.1 Å². The zero-order valence-corrected chi connectivity index (χ0v) is 24.4. The highest BCUT2D eigenvalue weighted by Gasteiger charge is 2.62. The van der Waals surface area contributed by atoms with Gasteiger partial charge in [-0.1, -0.05) is 5.21 Å².